The van der Waals surface area contributed by atoms with Crippen molar-refractivity contribution in [3.05, 3.63) is 30.3 Å². The first-order valence-corrected chi connectivity index (χ1v) is 6.16. The van der Waals surface area contributed by atoms with Gasteiger partial charge in [-0.25, -0.2) is 5.84 Å². The average molecular weight is 256 g/mol. The summed E-state index contributed by atoms with van der Waals surface area (Å²) in [4.78, 5) is 2.51. The van der Waals surface area contributed by atoms with Crippen molar-refractivity contribution in [3.63, 3.8) is 0 Å². The molecule has 1 aliphatic heterocycles. The van der Waals surface area contributed by atoms with Crippen molar-refractivity contribution in [2.24, 2.45) is 5.84 Å². The summed E-state index contributed by atoms with van der Waals surface area (Å²) in [5.74, 6) is 6.02. The van der Waals surface area contributed by atoms with Gasteiger partial charge >= 0.3 is 0 Å². The molecule has 1 heterocycles. The van der Waals surface area contributed by atoms with Crippen molar-refractivity contribution in [2.45, 2.75) is 19.3 Å². The predicted octanol–water partition coefficient (Wildman–Crippen LogP) is 2.27. The maximum absolute atomic E-state index is 6.02. The number of hydrazine groups is 1. The van der Waals surface area contributed by atoms with E-state index in [2.05, 4.69) is 17.0 Å². The summed E-state index contributed by atoms with van der Waals surface area (Å²) in [6.45, 7) is 4.46. The molecule has 96 valence electrons. The van der Waals surface area contributed by atoms with Gasteiger partial charge in [-0.1, -0.05) is 24.6 Å². The fourth-order valence-electron chi connectivity index (χ4n) is 2.18. The van der Waals surface area contributed by atoms with Crippen molar-refractivity contribution in [2.75, 3.05) is 31.2 Å². The standard InChI is InChI=1S/C13H21N3.ClH/c14-16(13-7-3-1-4-8-13)12-11-15-9-5-2-6-10-15;/h1,3-4,7-8H,2,5-6,9-12,14H2;1H. The number of rotatable bonds is 4. The molecule has 4 heteroatoms. The molecule has 0 aromatic heterocycles. The van der Waals surface area contributed by atoms with Gasteiger partial charge in [0.15, 0.2) is 0 Å². The first-order chi connectivity index (χ1) is 7.86. The van der Waals surface area contributed by atoms with E-state index in [9.17, 15) is 0 Å². The van der Waals surface area contributed by atoms with E-state index in [1.165, 1.54) is 32.4 Å². The highest BCUT2D eigenvalue weighted by Crippen LogP contribution is 2.11. The van der Waals surface area contributed by atoms with E-state index in [1.807, 2.05) is 23.2 Å². The van der Waals surface area contributed by atoms with Crippen LogP contribution in [0.1, 0.15) is 19.3 Å². The van der Waals surface area contributed by atoms with E-state index in [4.69, 9.17) is 5.84 Å². The van der Waals surface area contributed by atoms with E-state index < -0.39 is 0 Å². The Bertz CT molecular complexity index is 299. The van der Waals surface area contributed by atoms with Crippen LogP contribution >= 0.6 is 12.4 Å². The van der Waals surface area contributed by atoms with Gasteiger partial charge in [0.05, 0.1) is 5.69 Å². The van der Waals surface area contributed by atoms with Gasteiger partial charge in [0.2, 0.25) is 0 Å². The van der Waals surface area contributed by atoms with Gasteiger partial charge in [0, 0.05) is 13.1 Å². The second-order valence-corrected chi connectivity index (χ2v) is 4.43. The van der Waals surface area contributed by atoms with Crippen LogP contribution in [-0.4, -0.2) is 31.1 Å². The lowest BCUT2D eigenvalue weighted by Gasteiger charge is -2.28. The summed E-state index contributed by atoms with van der Waals surface area (Å²) in [5.41, 5.74) is 1.10. The summed E-state index contributed by atoms with van der Waals surface area (Å²) in [6, 6.07) is 10.2. The first-order valence-electron chi connectivity index (χ1n) is 6.16. The molecular formula is C13H22ClN3. The normalized spacial score (nSPS) is 16.3. The maximum atomic E-state index is 6.02. The Kier molecular flexibility index (Phi) is 6.34. The highest BCUT2D eigenvalue weighted by Gasteiger charge is 2.10. The lowest BCUT2D eigenvalue weighted by Crippen LogP contribution is -2.41. The van der Waals surface area contributed by atoms with Crippen LogP contribution in [0.2, 0.25) is 0 Å². The molecule has 0 unspecified atom stereocenters. The van der Waals surface area contributed by atoms with Crippen LogP contribution in [0.4, 0.5) is 5.69 Å². The van der Waals surface area contributed by atoms with Gasteiger partial charge in [-0.05, 0) is 38.1 Å². The van der Waals surface area contributed by atoms with E-state index in [0.29, 0.717) is 0 Å². The Hall–Kier alpha value is -0.770. The molecule has 0 amide bonds. The van der Waals surface area contributed by atoms with Crippen LogP contribution in [0.15, 0.2) is 30.3 Å². The minimum absolute atomic E-state index is 0. The summed E-state index contributed by atoms with van der Waals surface area (Å²) in [5, 5.41) is 1.84. The topological polar surface area (TPSA) is 32.5 Å². The molecule has 17 heavy (non-hydrogen) atoms. The zero-order chi connectivity index (χ0) is 11.2. The molecule has 3 nitrogen and oxygen atoms in total. The van der Waals surface area contributed by atoms with E-state index in [1.54, 1.807) is 0 Å². The summed E-state index contributed by atoms with van der Waals surface area (Å²) in [6.07, 6.45) is 4.08. The molecule has 1 aromatic rings. The number of hydrogen-bond acceptors (Lipinski definition) is 3. The van der Waals surface area contributed by atoms with Crippen molar-refractivity contribution < 1.29 is 0 Å². The third-order valence-electron chi connectivity index (χ3n) is 3.19. The van der Waals surface area contributed by atoms with Crippen LogP contribution in [0.5, 0.6) is 0 Å². The van der Waals surface area contributed by atoms with Gasteiger partial charge in [-0.2, -0.15) is 0 Å². The molecule has 1 aliphatic rings. The average Bonchev–Trinajstić information content (AvgIpc) is 2.38. The monoisotopic (exact) mass is 255 g/mol. The number of nitrogens with two attached hydrogens (primary N) is 1. The Labute approximate surface area is 110 Å². The van der Waals surface area contributed by atoms with E-state index in [-0.39, 0.29) is 12.4 Å². The highest BCUT2D eigenvalue weighted by molar-refractivity contribution is 5.85. The van der Waals surface area contributed by atoms with Crippen LogP contribution in [0, 0.1) is 0 Å². The molecule has 0 saturated carbocycles. The third-order valence-corrected chi connectivity index (χ3v) is 3.19. The van der Waals surface area contributed by atoms with Crippen molar-refractivity contribution >= 4 is 18.1 Å². The second-order valence-electron chi connectivity index (χ2n) is 4.43. The minimum atomic E-state index is 0. The van der Waals surface area contributed by atoms with Gasteiger partial charge in [-0.3, -0.25) is 0 Å². The number of piperidine rings is 1. The van der Waals surface area contributed by atoms with Crippen molar-refractivity contribution in [3.8, 4) is 0 Å². The fourth-order valence-corrected chi connectivity index (χ4v) is 2.18. The molecule has 2 N–H and O–H groups in total. The molecule has 1 aromatic carbocycles. The Balaban J connectivity index is 0.00000144. The number of para-hydroxylation sites is 1. The molecule has 0 radical (unpaired) electrons. The quantitative estimate of drug-likeness (QED) is 0.662. The largest absolute Gasteiger partial charge is 0.310 e. The SMILES string of the molecule is Cl.NN(CCN1CCCCC1)c1ccccc1. The minimum Gasteiger partial charge on any atom is -0.310 e. The molecule has 2 rings (SSSR count). The van der Waals surface area contributed by atoms with Gasteiger partial charge in [-0.15, -0.1) is 12.4 Å². The number of anilines is 1. The lowest BCUT2D eigenvalue weighted by molar-refractivity contribution is 0.233. The zero-order valence-corrected chi connectivity index (χ0v) is 11.0. The summed E-state index contributed by atoms with van der Waals surface area (Å²) in [7, 11) is 0. The molecule has 1 fully saturated rings. The van der Waals surface area contributed by atoms with Gasteiger partial charge in [0.25, 0.3) is 0 Å². The van der Waals surface area contributed by atoms with Gasteiger partial charge in [0.1, 0.15) is 0 Å². The van der Waals surface area contributed by atoms with Crippen LogP contribution in [0.3, 0.4) is 0 Å². The first kappa shape index (κ1) is 14.3. The summed E-state index contributed by atoms with van der Waals surface area (Å²) < 4.78 is 0. The Morgan fingerprint density at radius 1 is 1.06 bits per heavy atom. The number of likely N-dealkylation sites (tertiary alicyclic amines) is 1. The Morgan fingerprint density at radius 3 is 2.35 bits per heavy atom. The molecule has 0 aliphatic carbocycles. The van der Waals surface area contributed by atoms with Crippen LogP contribution in [0.25, 0.3) is 0 Å². The smallest absolute Gasteiger partial charge is 0.0517 e. The molecule has 1 saturated heterocycles. The number of nitrogens with zero attached hydrogens (tertiary/aromatic N) is 2. The number of benzene rings is 1. The predicted molar refractivity (Wildman–Crippen MR) is 75.5 cm³/mol. The summed E-state index contributed by atoms with van der Waals surface area (Å²) >= 11 is 0. The Morgan fingerprint density at radius 2 is 1.71 bits per heavy atom. The second kappa shape index (κ2) is 7.54. The lowest BCUT2D eigenvalue weighted by atomic mass is 10.1. The van der Waals surface area contributed by atoms with Crippen LogP contribution < -0.4 is 10.9 Å². The maximum Gasteiger partial charge on any atom is 0.0517 e. The number of hydrogen-bond donors (Lipinski definition) is 1. The third kappa shape index (κ3) is 4.54. The molecule has 0 atom stereocenters. The molecule has 0 bridgehead atoms. The zero-order valence-electron chi connectivity index (χ0n) is 10.2. The van der Waals surface area contributed by atoms with Crippen LogP contribution in [-0.2, 0) is 0 Å². The molecular weight excluding hydrogens is 234 g/mol. The number of halogens is 1. The van der Waals surface area contributed by atoms with Crippen molar-refractivity contribution in [1.29, 1.82) is 0 Å². The van der Waals surface area contributed by atoms with Gasteiger partial charge < -0.3 is 9.91 Å². The van der Waals surface area contributed by atoms with Crippen molar-refractivity contribution in [1.82, 2.24) is 4.90 Å². The van der Waals surface area contributed by atoms with E-state index in [0.717, 1.165) is 18.8 Å². The molecule has 0 spiro atoms. The highest BCUT2D eigenvalue weighted by atomic mass is 35.5. The van der Waals surface area contributed by atoms with E-state index >= 15 is 0 Å². The fraction of sp³-hybridized carbons (Fsp3) is 0.538.